The molecule has 6 nitrogen and oxygen atoms in total. The number of aromatic nitrogens is 2. The zero-order valence-electron chi connectivity index (χ0n) is 11.2. The summed E-state index contributed by atoms with van der Waals surface area (Å²) in [6.45, 7) is 7.34. The predicted molar refractivity (Wildman–Crippen MR) is 66.5 cm³/mol. The highest BCUT2D eigenvalue weighted by molar-refractivity contribution is 5.64. The molecule has 0 bridgehead atoms. The highest BCUT2D eigenvalue weighted by Gasteiger charge is 2.29. The normalized spacial score (nSPS) is 13.1. The average Bonchev–Trinajstić information content (AvgIpc) is 2.24. The topological polar surface area (TPSA) is 95.2 Å². The number of carbonyl (C=O) groups excluding carboxylic acids is 1. The second-order valence-electron chi connectivity index (χ2n) is 5.10. The molecular weight excluding hydrogens is 232 g/mol. The maximum absolute atomic E-state index is 11.3. The number of hydrogen-bond donors (Lipinski definition) is 1. The molecule has 2 N–H and O–H groups in total. The van der Waals surface area contributed by atoms with Crippen LogP contribution >= 0.6 is 0 Å². The van der Waals surface area contributed by atoms with Crippen LogP contribution in [0.3, 0.4) is 0 Å². The summed E-state index contributed by atoms with van der Waals surface area (Å²) < 4.78 is 0. The molecule has 0 saturated carbocycles. The van der Waals surface area contributed by atoms with Gasteiger partial charge >= 0.3 is 0 Å². The van der Waals surface area contributed by atoms with Gasteiger partial charge in [0.2, 0.25) is 0 Å². The lowest BCUT2D eigenvalue weighted by Crippen LogP contribution is -2.53. The fourth-order valence-electron chi connectivity index (χ4n) is 1.91. The number of carboxylic acid groups (broad SMARTS) is 1. The Labute approximate surface area is 107 Å². The van der Waals surface area contributed by atoms with Crippen LogP contribution in [-0.4, -0.2) is 26.5 Å². The molecule has 0 radical (unpaired) electrons. The molecule has 1 aromatic heterocycles. The van der Waals surface area contributed by atoms with Crippen molar-refractivity contribution in [3.8, 4) is 0 Å². The molecule has 0 aromatic carbocycles. The third kappa shape index (κ3) is 3.09. The Hall–Kier alpha value is -1.85. The molecule has 0 aliphatic heterocycles. The van der Waals surface area contributed by atoms with Crippen LogP contribution in [0.1, 0.15) is 45.9 Å². The molecule has 1 rings (SSSR count). The first kappa shape index (κ1) is 14.2. The Kier molecular flexibility index (Phi) is 4.11. The van der Waals surface area contributed by atoms with Crippen molar-refractivity contribution in [2.75, 3.05) is 5.73 Å². The van der Waals surface area contributed by atoms with Gasteiger partial charge in [-0.15, -0.1) is 0 Å². The molecule has 0 spiro atoms. The Balaban J connectivity index is 3.14. The van der Waals surface area contributed by atoms with Crippen LogP contribution in [0.25, 0.3) is 0 Å². The first-order valence-corrected chi connectivity index (χ1v) is 5.85. The molecular formula is C12H19N4O2-. The highest BCUT2D eigenvalue weighted by atomic mass is 16.4. The Morgan fingerprint density at radius 1 is 1.44 bits per heavy atom. The second-order valence-corrected chi connectivity index (χ2v) is 5.10. The van der Waals surface area contributed by atoms with E-state index in [1.54, 1.807) is 0 Å². The summed E-state index contributed by atoms with van der Waals surface area (Å²) in [5.74, 6) is 0.310. The third-order valence-electron chi connectivity index (χ3n) is 2.65. The smallest absolute Gasteiger partial charge is 0.141 e. The van der Waals surface area contributed by atoms with E-state index in [4.69, 9.17) is 5.73 Å². The maximum Gasteiger partial charge on any atom is 0.141 e. The number of amides is 1. The lowest BCUT2D eigenvalue weighted by atomic mass is 10.0. The van der Waals surface area contributed by atoms with Crippen LogP contribution in [0.4, 0.5) is 10.6 Å². The van der Waals surface area contributed by atoms with Gasteiger partial charge in [-0.25, -0.2) is 4.98 Å². The zero-order chi connectivity index (χ0) is 13.9. The highest BCUT2D eigenvalue weighted by Crippen LogP contribution is 2.29. The van der Waals surface area contributed by atoms with Crippen molar-refractivity contribution >= 4 is 11.9 Å². The van der Waals surface area contributed by atoms with Gasteiger partial charge in [-0.3, -0.25) is 4.98 Å². The zero-order valence-corrected chi connectivity index (χ0v) is 11.2. The number of nitrogens with zero attached hydrogens (tertiary/aromatic N) is 3. The molecule has 100 valence electrons. The number of carbonyl (C=O) groups is 1. The summed E-state index contributed by atoms with van der Waals surface area (Å²) >= 11 is 0. The monoisotopic (exact) mass is 251 g/mol. The Bertz CT molecular complexity index is 411. The fraction of sp³-hybridized carbons (Fsp3) is 0.583. The van der Waals surface area contributed by atoms with Crippen LogP contribution in [0, 0.1) is 0 Å². The van der Waals surface area contributed by atoms with E-state index < -0.39 is 11.6 Å². The van der Waals surface area contributed by atoms with Gasteiger partial charge in [0.15, 0.2) is 0 Å². The van der Waals surface area contributed by atoms with E-state index in [-0.39, 0.29) is 6.04 Å². The van der Waals surface area contributed by atoms with E-state index in [1.165, 1.54) is 17.3 Å². The van der Waals surface area contributed by atoms with Crippen molar-refractivity contribution < 1.29 is 9.90 Å². The van der Waals surface area contributed by atoms with Gasteiger partial charge < -0.3 is 20.5 Å². The van der Waals surface area contributed by atoms with Crippen molar-refractivity contribution in [3.05, 3.63) is 18.1 Å². The molecule has 0 aliphatic rings. The summed E-state index contributed by atoms with van der Waals surface area (Å²) in [5.41, 5.74) is 5.48. The van der Waals surface area contributed by atoms with E-state index in [2.05, 4.69) is 9.97 Å². The summed E-state index contributed by atoms with van der Waals surface area (Å²) in [5, 5.41) is 11.3. The van der Waals surface area contributed by atoms with Crippen molar-refractivity contribution in [1.29, 1.82) is 0 Å². The summed E-state index contributed by atoms with van der Waals surface area (Å²) in [7, 11) is 0. The lowest BCUT2D eigenvalue weighted by molar-refractivity contribution is -0.274. The van der Waals surface area contributed by atoms with Gasteiger partial charge in [0.25, 0.3) is 0 Å². The van der Waals surface area contributed by atoms with Gasteiger partial charge in [-0.1, -0.05) is 6.92 Å². The van der Waals surface area contributed by atoms with Crippen molar-refractivity contribution in [2.45, 2.75) is 45.7 Å². The SMILES string of the molecule is CCC(c1cnc(N)cn1)N(C(=O)[O-])C(C)(C)C. The molecule has 0 fully saturated rings. The molecule has 1 amide bonds. The first-order valence-electron chi connectivity index (χ1n) is 5.85. The standard InChI is InChI=1S/C12H20N4O2/c1-5-9(8-6-15-10(13)7-14-8)16(11(17)18)12(2,3)4/h6-7,9H,5H2,1-4H3,(H2,13,15)(H,17,18)/p-1. The predicted octanol–water partition coefficient (Wildman–Crippen LogP) is 0.954. The van der Waals surface area contributed by atoms with Crippen molar-refractivity contribution in [3.63, 3.8) is 0 Å². The number of nitrogens with two attached hydrogens (primary N) is 1. The molecule has 0 saturated heterocycles. The van der Waals surface area contributed by atoms with E-state index in [1.807, 2.05) is 27.7 Å². The first-order chi connectivity index (χ1) is 8.27. The minimum absolute atomic E-state index is 0.310. The molecule has 1 heterocycles. The Morgan fingerprint density at radius 2 is 2.06 bits per heavy atom. The van der Waals surface area contributed by atoms with E-state index in [0.717, 1.165) is 0 Å². The largest absolute Gasteiger partial charge is 0.530 e. The minimum atomic E-state index is -1.21. The van der Waals surface area contributed by atoms with Crippen molar-refractivity contribution in [1.82, 2.24) is 14.9 Å². The number of rotatable bonds is 3. The van der Waals surface area contributed by atoms with Crippen LogP contribution in [0.15, 0.2) is 12.4 Å². The molecule has 18 heavy (non-hydrogen) atoms. The molecule has 1 aromatic rings. The number of hydrogen-bond acceptors (Lipinski definition) is 5. The quantitative estimate of drug-likeness (QED) is 0.863. The summed E-state index contributed by atoms with van der Waals surface area (Å²) in [4.78, 5) is 20.7. The number of nitrogen functional groups attached to an aromatic ring is 1. The third-order valence-corrected chi connectivity index (χ3v) is 2.65. The molecule has 0 aliphatic carbocycles. The molecule has 6 heteroatoms. The van der Waals surface area contributed by atoms with Crippen LogP contribution in [-0.2, 0) is 0 Å². The lowest BCUT2D eigenvalue weighted by Gasteiger charge is -2.43. The average molecular weight is 251 g/mol. The van der Waals surface area contributed by atoms with E-state index in [0.29, 0.717) is 17.9 Å². The van der Waals surface area contributed by atoms with Gasteiger partial charge in [-0.2, -0.15) is 0 Å². The van der Waals surface area contributed by atoms with Crippen LogP contribution < -0.4 is 10.8 Å². The van der Waals surface area contributed by atoms with Crippen molar-refractivity contribution in [2.24, 2.45) is 0 Å². The second kappa shape index (κ2) is 5.20. The van der Waals surface area contributed by atoms with E-state index >= 15 is 0 Å². The summed E-state index contributed by atoms with van der Waals surface area (Å²) in [6.07, 6.45) is 2.30. The van der Waals surface area contributed by atoms with Gasteiger partial charge in [0, 0.05) is 5.54 Å². The molecule has 1 atom stereocenters. The van der Waals surface area contributed by atoms with Gasteiger partial charge in [-0.05, 0) is 27.2 Å². The number of anilines is 1. The maximum atomic E-state index is 11.3. The van der Waals surface area contributed by atoms with Gasteiger partial charge in [0.05, 0.1) is 24.1 Å². The Morgan fingerprint density at radius 3 is 2.39 bits per heavy atom. The van der Waals surface area contributed by atoms with E-state index in [9.17, 15) is 9.90 Å². The summed E-state index contributed by atoms with van der Waals surface area (Å²) in [6, 6.07) is -0.386. The fourth-order valence-corrected chi connectivity index (χ4v) is 1.91. The molecule has 1 unspecified atom stereocenters. The van der Waals surface area contributed by atoms with Crippen LogP contribution in [0.5, 0.6) is 0 Å². The minimum Gasteiger partial charge on any atom is -0.530 e. The van der Waals surface area contributed by atoms with Gasteiger partial charge in [0.1, 0.15) is 11.9 Å². The van der Waals surface area contributed by atoms with Crippen LogP contribution in [0.2, 0.25) is 0 Å².